The van der Waals surface area contributed by atoms with Crippen molar-refractivity contribution < 1.29 is 26.7 Å². The third-order valence-electron chi connectivity index (χ3n) is 5.95. The minimum absolute atomic E-state index is 0.0467. The third kappa shape index (κ3) is 3.85. The normalized spacial score (nSPS) is 18.4. The average Bonchev–Trinajstić information content (AvgIpc) is 3.21. The first kappa shape index (κ1) is 22.2. The molecule has 176 valence electrons. The van der Waals surface area contributed by atoms with Crippen LogP contribution in [0.5, 0.6) is 11.5 Å². The van der Waals surface area contributed by atoms with Gasteiger partial charge in [0.15, 0.2) is 17.3 Å². The van der Waals surface area contributed by atoms with Crippen molar-refractivity contribution in [3.05, 3.63) is 65.9 Å². The van der Waals surface area contributed by atoms with Gasteiger partial charge in [-0.05, 0) is 37.8 Å². The Labute approximate surface area is 190 Å². The highest BCUT2D eigenvalue weighted by Crippen LogP contribution is 2.37. The molecule has 1 fully saturated rings. The van der Waals surface area contributed by atoms with Gasteiger partial charge in [0.25, 0.3) is 0 Å². The van der Waals surface area contributed by atoms with Gasteiger partial charge in [0.05, 0.1) is 11.4 Å². The van der Waals surface area contributed by atoms with Crippen LogP contribution in [0.25, 0.3) is 22.3 Å². The van der Waals surface area contributed by atoms with Crippen LogP contribution in [-0.4, -0.2) is 25.8 Å². The van der Waals surface area contributed by atoms with Crippen LogP contribution in [0.1, 0.15) is 31.7 Å². The Balaban J connectivity index is 1.52. The summed E-state index contributed by atoms with van der Waals surface area (Å²) in [5.74, 6) is -9.20. The van der Waals surface area contributed by atoms with Gasteiger partial charge in [-0.1, -0.05) is 0 Å². The maximum atomic E-state index is 15.1. The number of nitrogens with two attached hydrogens (primary N) is 1. The third-order valence-corrected chi connectivity index (χ3v) is 5.95. The van der Waals surface area contributed by atoms with Gasteiger partial charge in [-0.2, -0.15) is 13.9 Å². The smallest absolute Gasteiger partial charge is 0.204 e. The van der Waals surface area contributed by atoms with Crippen molar-refractivity contribution in [3.8, 4) is 22.8 Å². The van der Waals surface area contributed by atoms with E-state index in [0.717, 1.165) is 31.7 Å². The lowest BCUT2D eigenvalue weighted by molar-refractivity contribution is 0.310. The molecule has 0 bridgehead atoms. The Morgan fingerprint density at radius 2 is 1.62 bits per heavy atom. The van der Waals surface area contributed by atoms with Crippen molar-refractivity contribution in [1.29, 1.82) is 0 Å². The molecule has 0 amide bonds. The number of fused-ring (bicyclic) bond motifs is 1. The van der Waals surface area contributed by atoms with E-state index >= 15 is 4.39 Å². The molecule has 1 aliphatic rings. The lowest BCUT2D eigenvalue weighted by Gasteiger charge is -2.26. The van der Waals surface area contributed by atoms with Crippen LogP contribution in [0.2, 0.25) is 0 Å². The summed E-state index contributed by atoms with van der Waals surface area (Å²) in [6.07, 6.45) is 6.18. The Morgan fingerprint density at radius 1 is 0.912 bits per heavy atom. The van der Waals surface area contributed by atoms with E-state index in [1.54, 1.807) is 4.68 Å². The fourth-order valence-corrected chi connectivity index (χ4v) is 4.19. The highest BCUT2D eigenvalue weighted by atomic mass is 19.2. The zero-order valence-electron chi connectivity index (χ0n) is 17.6. The summed E-state index contributed by atoms with van der Waals surface area (Å²) < 4.78 is 76.5. The molecule has 0 atom stereocenters. The lowest BCUT2D eigenvalue weighted by atomic mass is 9.92. The molecule has 6 nitrogen and oxygen atoms in total. The SMILES string of the molecule is NC1CCC(n2nc(-c3ccc(Oc4c(F)c(F)cc(F)c4F)cc3F)c3cncnc32)CC1. The van der Waals surface area contributed by atoms with E-state index in [9.17, 15) is 17.6 Å². The fraction of sp³-hybridized carbons (Fsp3) is 0.261. The highest BCUT2D eigenvalue weighted by molar-refractivity contribution is 5.90. The van der Waals surface area contributed by atoms with Crippen LogP contribution in [0.3, 0.4) is 0 Å². The zero-order chi connectivity index (χ0) is 24.0. The van der Waals surface area contributed by atoms with Gasteiger partial charge in [-0.25, -0.2) is 27.8 Å². The predicted octanol–water partition coefficient (Wildman–Crippen LogP) is 5.42. The van der Waals surface area contributed by atoms with Crippen molar-refractivity contribution >= 4 is 11.0 Å². The minimum Gasteiger partial charge on any atom is -0.451 e. The standard InChI is InChI=1S/C23H18F5N5O/c24-16-7-13(34-22-19(27)17(25)8-18(26)20(22)28)5-6-14(16)21-15-9-30-10-31-23(15)33(32-21)12-3-1-11(29)2-4-12/h5-12H,1-4,29H2. The van der Waals surface area contributed by atoms with Gasteiger partial charge in [0, 0.05) is 29.9 Å². The van der Waals surface area contributed by atoms with Crippen molar-refractivity contribution in [2.24, 2.45) is 5.73 Å². The summed E-state index contributed by atoms with van der Waals surface area (Å²) in [6.45, 7) is 0. The molecule has 34 heavy (non-hydrogen) atoms. The Hall–Kier alpha value is -3.60. The number of hydrogen-bond acceptors (Lipinski definition) is 5. The van der Waals surface area contributed by atoms with E-state index in [0.29, 0.717) is 11.0 Å². The summed E-state index contributed by atoms with van der Waals surface area (Å²) >= 11 is 0. The molecule has 0 radical (unpaired) electrons. The number of nitrogens with zero attached hydrogens (tertiary/aromatic N) is 4. The van der Waals surface area contributed by atoms with Crippen molar-refractivity contribution in [2.45, 2.75) is 37.8 Å². The van der Waals surface area contributed by atoms with Crippen molar-refractivity contribution in [1.82, 2.24) is 19.7 Å². The van der Waals surface area contributed by atoms with E-state index in [1.165, 1.54) is 24.7 Å². The summed E-state index contributed by atoms with van der Waals surface area (Å²) in [7, 11) is 0. The molecule has 0 aliphatic heterocycles. The molecule has 2 N–H and O–H groups in total. The second-order valence-corrected chi connectivity index (χ2v) is 8.16. The number of ether oxygens (including phenoxy) is 1. The largest absolute Gasteiger partial charge is 0.451 e. The molecule has 5 rings (SSSR count). The molecule has 2 aromatic heterocycles. The maximum Gasteiger partial charge on any atom is 0.204 e. The van der Waals surface area contributed by atoms with Gasteiger partial charge < -0.3 is 10.5 Å². The molecular formula is C23H18F5N5O. The number of aromatic nitrogens is 4. The molecule has 0 spiro atoms. The van der Waals surface area contributed by atoms with Crippen LogP contribution in [0.4, 0.5) is 22.0 Å². The van der Waals surface area contributed by atoms with Crippen LogP contribution in [0.15, 0.2) is 36.8 Å². The van der Waals surface area contributed by atoms with E-state index in [4.69, 9.17) is 10.5 Å². The summed E-state index contributed by atoms with van der Waals surface area (Å²) in [4.78, 5) is 8.34. The molecule has 4 aromatic rings. The first-order valence-electron chi connectivity index (χ1n) is 10.6. The second-order valence-electron chi connectivity index (χ2n) is 8.16. The molecule has 2 heterocycles. The summed E-state index contributed by atoms with van der Waals surface area (Å²) in [6, 6.07) is 3.61. The lowest BCUT2D eigenvalue weighted by Crippen LogP contribution is -2.28. The highest BCUT2D eigenvalue weighted by Gasteiger charge is 2.26. The van der Waals surface area contributed by atoms with E-state index in [2.05, 4.69) is 15.1 Å². The van der Waals surface area contributed by atoms with Crippen molar-refractivity contribution in [3.63, 3.8) is 0 Å². The van der Waals surface area contributed by atoms with Crippen molar-refractivity contribution in [2.75, 3.05) is 0 Å². The van der Waals surface area contributed by atoms with Crippen LogP contribution in [-0.2, 0) is 0 Å². The number of benzene rings is 2. The summed E-state index contributed by atoms with van der Waals surface area (Å²) in [5, 5.41) is 5.13. The van der Waals surface area contributed by atoms with Crippen LogP contribution in [0, 0.1) is 29.1 Å². The van der Waals surface area contributed by atoms with E-state index in [1.807, 2.05) is 0 Å². The second kappa shape index (κ2) is 8.64. The average molecular weight is 475 g/mol. The number of halogens is 5. The molecule has 2 aromatic carbocycles. The molecule has 0 unspecified atom stereocenters. The zero-order valence-corrected chi connectivity index (χ0v) is 17.6. The van der Waals surface area contributed by atoms with Gasteiger partial charge >= 0.3 is 0 Å². The first-order chi connectivity index (χ1) is 16.3. The minimum atomic E-state index is -1.72. The predicted molar refractivity (Wildman–Crippen MR) is 113 cm³/mol. The van der Waals surface area contributed by atoms with Gasteiger partial charge in [0.2, 0.25) is 17.4 Å². The van der Waals surface area contributed by atoms with Gasteiger partial charge in [-0.15, -0.1) is 0 Å². The number of hydrogen-bond donors (Lipinski definition) is 1. The first-order valence-corrected chi connectivity index (χ1v) is 10.6. The fourth-order valence-electron chi connectivity index (χ4n) is 4.19. The van der Waals surface area contributed by atoms with E-state index < -0.39 is 34.8 Å². The quantitative estimate of drug-likeness (QED) is 0.315. The maximum absolute atomic E-state index is 15.1. The van der Waals surface area contributed by atoms with Crippen LogP contribution < -0.4 is 10.5 Å². The molecule has 11 heteroatoms. The monoisotopic (exact) mass is 475 g/mol. The Morgan fingerprint density at radius 3 is 2.29 bits per heavy atom. The molecule has 1 aliphatic carbocycles. The van der Waals surface area contributed by atoms with E-state index in [-0.39, 0.29) is 35.2 Å². The summed E-state index contributed by atoms with van der Waals surface area (Å²) in [5.41, 5.74) is 6.90. The topological polar surface area (TPSA) is 78.9 Å². The number of rotatable bonds is 4. The Kier molecular flexibility index (Phi) is 5.64. The molecule has 1 saturated carbocycles. The van der Waals surface area contributed by atoms with Gasteiger partial charge in [-0.3, -0.25) is 0 Å². The Bertz CT molecular complexity index is 1360. The van der Waals surface area contributed by atoms with Crippen LogP contribution >= 0.6 is 0 Å². The molecular weight excluding hydrogens is 457 g/mol. The van der Waals surface area contributed by atoms with Gasteiger partial charge in [0.1, 0.15) is 23.6 Å². The molecule has 0 saturated heterocycles.